The molecule has 6 heteroatoms. The Hall–Kier alpha value is -2.37. The summed E-state index contributed by atoms with van der Waals surface area (Å²) in [7, 11) is 1.19. The zero-order valence-corrected chi connectivity index (χ0v) is 10.6. The average Bonchev–Trinajstić information content (AvgIpc) is 2.38. The first kappa shape index (κ1) is 14.7. The van der Waals surface area contributed by atoms with Crippen molar-refractivity contribution in [2.45, 2.75) is 18.9 Å². The molecule has 19 heavy (non-hydrogen) atoms. The van der Waals surface area contributed by atoms with E-state index in [9.17, 15) is 14.4 Å². The Labute approximate surface area is 110 Å². The van der Waals surface area contributed by atoms with Crippen molar-refractivity contribution in [3.8, 4) is 0 Å². The van der Waals surface area contributed by atoms with Gasteiger partial charge < -0.3 is 15.8 Å². The Morgan fingerprint density at radius 3 is 2.42 bits per heavy atom. The third-order valence-corrected chi connectivity index (χ3v) is 2.49. The molecule has 102 valence electrons. The number of methoxy groups -OCH3 is 1. The lowest BCUT2D eigenvalue weighted by Gasteiger charge is -2.15. The molecule has 0 aromatic heterocycles. The lowest BCUT2D eigenvalue weighted by atomic mass is 10.1. The van der Waals surface area contributed by atoms with Crippen molar-refractivity contribution >= 4 is 17.8 Å². The maximum absolute atomic E-state index is 11.5. The molecule has 1 atom stereocenters. The van der Waals surface area contributed by atoms with Crippen molar-refractivity contribution in [2.75, 3.05) is 7.11 Å². The summed E-state index contributed by atoms with van der Waals surface area (Å²) in [6.45, 7) is 0. The highest BCUT2D eigenvalue weighted by atomic mass is 16.5. The zero-order valence-electron chi connectivity index (χ0n) is 10.6. The number of esters is 1. The van der Waals surface area contributed by atoms with E-state index in [1.807, 2.05) is 30.3 Å². The first-order valence-electron chi connectivity index (χ1n) is 5.72. The van der Waals surface area contributed by atoms with Gasteiger partial charge in [-0.3, -0.25) is 14.4 Å². The molecule has 0 aliphatic carbocycles. The van der Waals surface area contributed by atoms with E-state index in [1.165, 1.54) is 7.11 Å². The fraction of sp³-hybridized carbons (Fsp3) is 0.308. The number of carbonyl (C=O) groups excluding carboxylic acids is 3. The molecule has 0 saturated carbocycles. The van der Waals surface area contributed by atoms with Gasteiger partial charge in [-0.05, 0) is 5.56 Å². The van der Waals surface area contributed by atoms with Crippen LogP contribution in [0, 0.1) is 0 Å². The second-order valence-electron chi connectivity index (χ2n) is 3.97. The second-order valence-corrected chi connectivity index (χ2v) is 3.97. The Morgan fingerprint density at radius 2 is 1.89 bits per heavy atom. The van der Waals surface area contributed by atoms with Crippen LogP contribution in [-0.2, 0) is 25.5 Å². The SMILES string of the molecule is COC(=O)CC(=O)N[C@H](Cc1ccccc1)C(N)=O. The largest absolute Gasteiger partial charge is 0.469 e. The number of carbonyl (C=O) groups is 3. The van der Waals surface area contributed by atoms with Gasteiger partial charge in [0.05, 0.1) is 7.11 Å². The molecule has 2 amide bonds. The Bertz CT molecular complexity index is 459. The lowest BCUT2D eigenvalue weighted by molar-refractivity contribution is -0.144. The molecule has 0 aliphatic heterocycles. The highest BCUT2D eigenvalue weighted by Crippen LogP contribution is 2.03. The van der Waals surface area contributed by atoms with E-state index >= 15 is 0 Å². The first-order valence-corrected chi connectivity index (χ1v) is 5.72. The molecule has 0 bridgehead atoms. The molecule has 0 unspecified atom stereocenters. The van der Waals surface area contributed by atoms with Crippen LogP contribution < -0.4 is 11.1 Å². The summed E-state index contributed by atoms with van der Waals surface area (Å²) in [5.41, 5.74) is 6.09. The lowest BCUT2D eigenvalue weighted by Crippen LogP contribution is -2.46. The molecular weight excluding hydrogens is 248 g/mol. The molecule has 1 aromatic carbocycles. The van der Waals surface area contributed by atoms with E-state index in [1.54, 1.807) is 0 Å². The number of hydrogen-bond acceptors (Lipinski definition) is 4. The van der Waals surface area contributed by atoms with Crippen LogP contribution in [0.2, 0.25) is 0 Å². The molecule has 0 spiro atoms. The number of benzene rings is 1. The fourth-order valence-corrected chi connectivity index (χ4v) is 1.52. The van der Waals surface area contributed by atoms with Gasteiger partial charge in [0.2, 0.25) is 11.8 Å². The summed E-state index contributed by atoms with van der Waals surface area (Å²) in [6.07, 6.45) is -0.155. The molecule has 1 aromatic rings. The van der Waals surface area contributed by atoms with Gasteiger partial charge in [-0.2, -0.15) is 0 Å². The fourth-order valence-electron chi connectivity index (χ4n) is 1.52. The summed E-state index contributed by atoms with van der Waals surface area (Å²) < 4.78 is 4.37. The van der Waals surface area contributed by atoms with Crippen LogP contribution in [0.15, 0.2) is 30.3 Å². The quantitative estimate of drug-likeness (QED) is 0.547. The minimum Gasteiger partial charge on any atom is -0.469 e. The predicted octanol–water partition coefficient (Wildman–Crippen LogP) is -0.238. The number of nitrogens with one attached hydrogen (secondary N) is 1. The van der Waals surface area contributed by atoms with E-state index in [-0.39, 0.29) is 6.42 Å². The molecule has 0 radical (unpaired) electrons. The van der Waals surface area contributed by atoms with Gasteiger partial charge in [-0.25, -0.2) is 0 Å². The smallest absolute Gasteiger partial charge is 0.315 e. The van der Waals surface area contributed by atoms with E-state index in [4.69, 9.17) is 5.73 Å². The minimum atomic E-state index is -0.848. The monoisotopic (exact) mass is 264 g/mol. The normalized spacial score (nSPS) is 11.4. The number of hydrogen-bond donors (Lipinski definition) is 2. The minimum absolute atomic E-state index is 0.281. The second kappa shape index (κ2) is 7.15. The summed E-state index contributed by atoms with van der Waals surface area (Å²) in [5.74, 6) is -1.91. The van der Waals surface area contributed by atoms with Gasteiger partial charge >= 0.3 is 5.97 Å². The number of nitrogens with two attached hydrogens (primary N) is 1. The Balaban J connectivity index is 2.61. The van der Waals surface area contributed by atoms with Gasteiger partial charge in [-0.15, -0.1) is 0 Å². The van der Waals surface area contributed by atoms with Crippen LogP contribution in [0.5, 0.6) is 0 Å². The van der Waals surface area contributed by atoms with Crippen LogP contribution in [-0.4, -0.2) is 30.9 Å². The van der Waals surface area contributed by atoms with E-state index in [0.717, 1.165) is 5.56 Å². The van der Waals surface area contributed by atoms with E-state index < -0.39 is 30.2 Å². The van der Waals surface area contributed by atoms with Gasteiger partial charge in [-0.1, -0.05) is 30.3 Å². The molecular formula is C13H16N2O4. The van der Waals surface area contributed by atoms with Gasteiger partial charge in [0.25, 0.3) is 0 Å². The zero-order chi connectivity index (χ0) is 14.3. The summed E-state index contributed by atoms with van der Waals surface area (Å²) in [4.78, 5) is 33.7. The maximum atomic E-state index is 11.5. The molecule has 0 saturated heterocycles. The predicted molar refractivity (Wildman–Crippen MR) is 67.9 cm³/mol. The molecule has 0 aliphatic rings. The summed E-state index contributed by atoms with van der Waals surface area (Å²) in [6, 6.07) is 8.29. The molecule has 1 rings (SSSR count). The van der Waals surface area contributed by atoms with E-state index in [2.05, 4.69) is 10.1 Å². The first-order chi connectivity index (χ1) is 9.02. The van der Waals surface area contributed by atoms with Crippen molar-refractivity contribution in [3.63, 3.8) is 0 Å². The van der Waals surface area contributed by atoms with E-state index in [0.29, 0.717) is 0 Å². The van der Waals surface area contributed by atoms with Gasteiger partial charge in [0.15, 0.2) is 0 Å². The highest BCUT2D eigenvalue weighted by Gasteiger charge is 2.20. The molecule has 3 N–H and O–H groups in total. The van der Waals surface area contributed by atoms with Gasteiger partial charge in [0, 0.05) is 6.42 Å². The van der Waals surface area contributed by atoms with Crippen LogP contribution in [0.1, 0.15) is 12.0 Å². The van der Waals surface area contributed by atoms with Gasteiger partial charge in [0.1, 0.15) is 12.5 Å². The summed E-state index contributed by atoms with van der Waals surface area (Å²) >= 11 is 0. The van der Waals surface area contributed by atoms with Crippen LogP contribution in [0.3, 0.4) is 0 Å². The summed E-state index contributed by atoms with van der Waals surface area (Å²) in [5, 5.41) is 2.42. The van der Waals surface area contributed by atoms with Crippen molar-refractivity contribution in [1.29, 1.82) is 0 Å². The van der Waals surface area contributed by atoms with Crippen molar-refractivity contribution in [1.82, 2.24) is 5.32 Å². The van der Waals surface area contributed by atoms with Crippen molar-refractivity contribution in [2.24, 2.45) is 5.73 Å². The molecule has 0 heterocycles. The topological polar surface area (TPSA) is 98.5 Å². The molecule has 0 fully saturated rings. The number of amides is 2. The Kier molecular flexibility index (Phi) is 5.53. The third kappa shape index (κ3) is 5.20. The number of ether oxygens (including phenoxy) is 1. The third-order valence-electron chi connectivity index (χ3n) is 2.49. The standard InChI is InChI=1S/C13H16N2O4/c1-19-12(17)8-11(16)15-10(13(14)18)7-9-5-3-2-4-6-9/h2-6,10H,7-8H2,1H3,(H2,14,18)(H,15,16)/t10-/m1/s1. The van der Waals surface area contributed by atoms with Crippen molar-refractivity contribution in [3.05, 3.63) is 35.9 Å². The van der Waals surface area contributed by atoms with Crippen molar-refractivity contribution < 1.29 is 19.1 Å². The Morgan fingerprint density at radius 1 is 1.26 bits per heavy atom. The van der Waals surface area contributed by atoms with Crippen LogP contribution in [0.25, 0.3) is 0 Å². The number of rotatable bonds is 6. The average molecular weight is 264 g/mol. The maximum Gasteiger partial charge on any atom is 0.315 e. The number of primary amides is 1. The van der Waals surface area contributed by atoms with Crippen LogP contribution >= 0.6 is 0 Å². The van der Waals surface area contributed by atoms with Crippen LogP contribution in [0.4, 0.5) is 0 Å². The molecule has 6 nitrogen and oxygen atoms in total. The highest BCUT2D eigenvalue weighted by molar-refractivity contribution is 5.96.